The summed E-state index contributed by atoms with van der Waals surface area (Å²) in [4.78, 5) is 70.4. The van der Waals surface area contributed by atoms with Crippen molar-refractivity contribution in [3.8, 4) is 5.75 Å². The molecule has 5 aliphatic heterocycles. The van der Waals surface area contributed by atoms with Crippen LogP contribution in [0.2, 0.25) is 0 Å². The zero-order valence-electron chi connectivity index (χ0n) is 47.6. The molecule has 16 nitrogen and oxygen atoms in total. The third kappa shape index (κ3) is 15.8. The number of hydrazine groups is 1. The lowest BCUT2D eigenvalue weighted by Crippen LogP contribution is -2.64. The molecule has 0 aromatic heterocycles. The monoisotopic (exact) mass is 1070 g/mol. The highest BCUT2D eigenvalue weighted by atomic mass is 16.5. The van der Waals surface area contributed by atoms with Gasteiger partial charge in [-0.2, -0.15) is 0 Å². The average Bonchev–Trinajstić information content (AvgIpc) is 3.39. The van der Waals surface area contributed by atoms with Crippen molar-refractivity contribution in [1.29, 1.82) is 0 Å². The molecule has 7 N–H and O–H groups in total. The number of nitrogens with zero attached hydrogens (tertiary/aromatic N) is 1. The number of phenols is 1. The fraction of sp³-hybridized carbons (Fsp3) is 0.656. The van der Waals surface area contributed by atoms with E-state index in [9.17, 15) is 39.3 Å². The quantitative estimate of drug-likeness (QED) is 0.0611. The molecule has 1 aromatic rings. The summed E-state index contributed by atoms with van der Waals surface area (Å²) < 4.78 is 19.6. The van der Waals surface area contributed by atoms with Crippen LogP contribution in [0.5, 0.6) is 5.75 Å². The first-order chi connectivity index (χ1) is 36.4. The van der Waals surface area contributed by atoms with Crippen molar-refractivity contribution in [2.75, 3.05) is 6.54 Å². The average molecular weight is 1070 g/mol. The zero-order chi connectivity index (χ0) is 56.4. The topological polar surface area (TPSA) is 225 Å². The van der Waals surface area contributed by atoms with Crippen molar-refractivity contribution >= 4 is 29.6 Å². The van der Waals surface area contributed by atoms with Gasteiger partial charge >= 0.3 is 5.97 Å². The molecular weight excluding hydrogens is 979 g/mol. The van der Waals surface area contributed by atoms with E-state index in [1.807, 2.05) is 86.6 Å². The van der Waals surface area contributed by atoms with Gasteiger partial charge in [0.2, 0.25) is 17.7 Å². The second-order valence-corrected chi connectivity index (χ2v) is 23.8. The molecule has 1 aromatic carbocycles. The minimum absolute atomic E-state index is 0.00230. The Balaban J connectivity index is 1.19. The fourth-order valence-corrected chi connectivity index (χ4v) is 11.7. The molecule has 2 bridgehead atoms. The number of esters is 1. The Morgan fingerprint density at radius 2 is 1.74 bits per heavy atom. The summed E-state index contributed by atoms with van der Waals surface area (Å²) in [5, 5.41) is 43.8. The molecular formula is C61H91N5O11. The Morgan fingerprint density at radius 3 is 2.45 bits per heavy atom. The van der Waals surface area contributed by atoms with Crippen LogP contribution in [0, 0.1) is 41.4 Å². The van der Waals surface area contributed by atoms with Crippen molar-refractivity contribution < 1.29 is 53.5 Å². The van der Waals surface area contributed by atoms with Gasteiger partial charge in [-0.15, -0.1) is 0 Å². The lowest BCUT2D eigenvalue weighted by molar-refractivity contribution is -0.179. The fourth-order valence-electron chi connectivity index (χ4n) is 11.7. The van der Waals surface area contributed by atoms with Crippen LogP contribution in [0.4, 0.5) is 0 Å². The number of aromatic hydroxyl groups is 1. The Kier molecular flexibility index (Phi) is 21.5. The highest BCUT2D eigenvalue weighted by Gasteiger charge is 2.51. The van der Waals surface area contributed by atoms with Gasteiger partial charge in [-0.25, -0.2) is 5.43 Å². The van der Waals surface area contributed by atoms with Gasteiger partial charge in [-0.3, -0.25) is 29.0 Å². The van der Waals surface area contributed by atoms with Crippen molar-refractivity contribution in [1.82, 2.24) is 26.4 Å². The first kappa shape index (κ1) is 61.1. The van der Waals surface area contributed by atoms with Crippen LogP contribution in [0.15, 0.2) is 84.0 Å². The normalized spacial score (nSPS) is 34.8. The maximum Gasteiger partial charge on any atom is 0.325 e. The lowest BCUT2D eigenvalue weighted by Gasteiger charge is -2.51. The van der Waals surface area contributed by atoms with Crippen molar-refractivity contribution in [2.45, 2.75) is 207 Å². The molecule has 3 saturated heterocycles. The van der Waals surface area contributed by atoms with E-state index in [2.05, 4.69) is 41.3 Å². The number of hydrogen-bond donors (Lipinski definition) is 7. The number of nitrogens with one attached hydrogen (secondary N) is 4. The first-order valence-electron chi connectivity index (χ1n) is 28.5. The summed E-state index contributed by atoms with van der Waals surface area (Å²) in [5.41, 5.74) is 4.05. The van der Waals surface area contributed by atoms with Gasteiger partial charge < -0.3 is 45.5 Å². The first-order valence-corrected chi connectivity index (χ1v) is 28.5. The molecule has 77 heavy (non-hydrogen) atoms. The smallest absolute Gasteiger partial charge is 0.325 e. The number of allylic oxidation sites excluding steroid dienone is 5. The van der Waals surface area contributed by atoms with Gasteiger partial charge in [0.05, 0.1) is 35.9 Å². The summed E-state index contributed by atoms with van der Waals surface area (Å²) in [6.07, 6.45) is 17.4. The molecule has 0 saturated carbocycles. The van der Waals surface area contributed by atoms with Gasteiger partial charge in [0, 0.05) is 49.5 Å². The van der Waals surface area contributed by atoms with Crippen molar-refractivity contribution in [2.24, 2.45) is 41.4 Å². The molecule has 5 aliphatic rings. The van der Waals surface area contributed by atoms with Crippen LogP contribution >= 0.6 is 0 Å². The number of piperidine rings is 1. The number of hydrogen-bond acceptors (Lipinski definition) is 12. The number of phenolic OH excluding ortho intramolecular Hbond substituents is 1. The predicted molar refractivity (Wildman–Crippen MR) is 296 cm³/mol. The Labute approximate surface area is 457 Å². The van der Waals surface area contributed by atoms with Gasteiger partial charge in [0.1, 0.15) is 30.0 Å². The number of benzene rings is 1. The van der Waals surface area contributed by atoms with Crippen LogP contribution in [0.25, 0.3) is 0 Å². The Bertz CT molecular complexity index is 2380. The van der Waals surface area contributed by atoms with Crippen LogP contribution in [0.1, 0.15) is 146 Å². The molecule has 0 aliphatic carbocycles. The third-order valence-corrected chi connectivity index (χ3v) is 16.9. The number of aliphatic hydroxyl groups excluding tert-OH is 2. The van der Waals surface area contributed by atoms with E-state index >= 15 is 0 Å². The maximum absolute atomic E-state index is 14.6. The number of aliphatic hydroxyl groups is 2. The van der Waals surface area contributed by atoms with E-state index in [0.717, 1.165) is 24.0 Å². The highest BCUT2D eigenvalue weighted by molar-refractivity contribution is 5.93. The Morgan fingerprint density at radius 1 is 0.987 bits per heavy atom. The van der Waals surface area contributed by atoms with E-state index in [1.54, 1.807) is 30.4 Å². The summed E-state index contributed by atoms with van der Waals surface area (Å²) in [6.45, 7) is 21.9. The molecule has 6 rings (SSSR count). The number of ether oxygens (including phenoxy) is 3. The summed E-state index contributed by atoms with van der Waals surface area (Å²) >= 11 is 0. The van der Waals surface area contributed by atoms with Gasteiger partial charge in [-0.05, 0) is 120 Å². The molecule has 15 atom stereocenters. The SMILES string of the molecule is CC[C@H]1C[C@H](C)[C@]2(NC1=O)O[C@@H](C[C@H](O)[C@@H](C)CC/C=C/C=C(/C)[C@@H]1C/C=C/C=C\[C@H](O)[C@H](C)[C@H]3OC(C)(C)CC[C@@H]3C(=O)N[C@@H](C(C)C)C(=O)N[C@@H](Cc3cccc(O)c3)C(=O)N3CCC[C@H](N3)C(=O)O1)[C@@H](C)C=C2C. The third-order valence-electron chi connectivity index (χ3n) is 16.9. The number of fused-ring (bicyclic) bond motifs is 3. The number of rotatable bonds is 12. The summed E-state index contributed by atoms with van der Waals surface area (Å²) in [6, 6.07) is 3.38. The lowest BCUT2D eigenvalue weighted by atomic mass is 9.75. The van der Waals surface area contributed by atoms with E-state index < -0.39 is 83.5 Å². The van der Waals surface area contributed by atoms with Gasteiger partial charge in [-0.1, -0.05) is 109 Å². The van der Waals surface area contributed by atoms with Gasteiger partial charge in [0.25, 0.3) is 5.91 Å². The van der Waals surface area contributed by atoms with Crippen LogP contribution < -0.4 is 21.4 Å². The van der Waals surface area contributed by atoms with E-state index in [0.29, 0.717) is 56.9 Å². The number of carbonyl (C=O) groups is 5. The van der Waals surface area contributed by atoms with Crippen LogP contribution in [-0.2, 0) is 44.6 Å². The predicted octanol–water partition coefficient (Wildman–Crippen LogP) is 7.58. The second-order valence-electron chi connectivity index (χ2n) is 23.8. The molecule has 0 unspecified atom stereocenters. The van der Waals surface area contributed by atoms with E-state index in [1.165, 1.54) is 17.1 Å². The zero-order valence-corrected chi connectivity index (χ0v) is 47.6. The minimum Gasteiger partial charge on any atom is -0.508 e. The van der Waals surface area contributed by atoms with Crippen molar-refractivity contribution in [3.05, 3.63) is 89.6 Å². The van der Waals surface area contributed by atoms with E-state index in [4.69, 9.17) is 14.2 Å². The van der Waals surface area contributed by atoms with Crippen molar-refractivity contribution in [3.63, 3.8) is 0 Å². The van der Waals surface area contributed by atoms with Crippen LogP contribution in [-0.4, -0.2) is 116 Å². The maximum atomic E-state index is 14.6. The molecule has 5 heterocycles. The Hall–Kier alpha value is -5.13. The number of cyclic esters (lactones) is 1. The largest absolute Gasteiger partial charge is 0.508 e. The summed E-state index contributed by atoms with van der Waals surface area (Å²) in [5.74, 6) is -3.47. The highest BCUT2D eigenvalue weighted by Crippen LogP contribution is 2.43. The molecule has 426 valence electrons. The van der Waals surface area contributed by atoms with Gasteiger partial charge in [0.15, 0.2) is 5.72 Å². The van der Waals surface area contributed by atoms with Crippen LogP contribution in [0.3, 0.4) is 0 Å². The number of carbonyl (C=O) groups excluding carboxylic acids is 5. The standard InChI is InChI=1S/C61H91N5O11/c1-12-44-32-41(8)61(64-55(44)70)40(7)31-39(6)52(76-61)35-50(69)37(4)21-15-13-16-22-38(5)51-27-18-14-17-26-49(68)42(9)54-46(28-29-60(10,11)77-54)56(71)63-53(36(2)3)57(72)62-48(34-43-23-19-24-45(67)33-43)58(73)66-30-20-25-47(65-66)59(74)75-51/h13-14,16-19,22-24,26,31,33,36-37,39,41-42,44,46-54,65,67-69H,12,15,20-21,25,27-30,32,34-35H2,1-11H3,(H,62,72)(H,63,71)(H,64,70)/b16-13+,18-14+,26-17-,38-22-/t37-,39-,41-,42-,44-,46-,47-,48-,49-,50-,51-,52-,53-,54+,61+/m0/s1. The van der Waals surface area contributed by atoms with E-state index in [-0.39, 0.29) is 66.2 Å². The molecule has 16 heteroatoms. The molecule has 0 radical (unpaired) electrons. The second kappa shape index (κ2) is 27.2. The molecule has 1 spiro atoms. The molecule has 4 amide bonds. The summed E-state index contributed by atoms with van der Waals surface area (Å²) in [7, 11) is 0. The molecule has 3 fully saturated rings. The number of amides is 4. The minimum atomic E-state index is -1.15.